The summed E-state index contributed by atoms with van der Waals surface area (Å²) < 4.78 is 10.9. The topological polar surface area (TPSA) is 42.2 Å². The third-order valence-corrected chi connectivity index (χ3v) is 2.49. The molecule has 0 saturated carbocycles. The molecule has 0 unspecified atom stereocenters. The van der Waals surface area contributed by atoms with Crippen LogP contribution in [0, 0.1) is 17.2 Å². The first-order valence-electron chi connectivity index (χ1n) is 5.09. The Balaban J connectivity index is 1.85. The van der Waals surface area contributed by atoms with E-state index in [0.717, 1.165) is 25.4 Å². The Hall–Kier alpha value is -1.53. The molecule has 1 saturated heterocycles. The van der Waals surface area contributed by atoms with Crippen molar-refractivity contribution in [2.75, 3.05) is 19.8 Å². The van der Waals surface area contributed by atoms with Crippen molar-refractivity contribution in [2.24, 2.45) is 5.92 Å². The third-order valence-electron chi connectivity index (χ3n) is 2.49. The van der Waals surface area contributed by atoms with Crippen molar-refractivity contribution in [1.82, 2.24) is 0 Å². The van der Waals surface area contributed by atoms with E-state index in [2.05, 4.69) is 6.07 Å². The Kier molecular flexibility index (Phi) is 3.21. The maximum absolute atomic E-state index is 8.62. The van der Waals surface area contributed by atoms with E-state index in [9.17, 15) is 0 Å². The Bertz CT molecular complexity index is 347. The van der Waals surface area contributed by atoms with Crippen LogP contribution < -0.4 is 4.74 Å². The average molecular weight is 203 g/mol. The summed E-state index contributed by atoms with van der Waals surface area (Å²) in [6.45, 7) is 2.35. The quantitative estimate of drug-likeness (QED) is 0.754. The van der Waals surface area contributed by atoms with Gasteiger partial charge < -0.3 is 9.47 Å². The molecule has 0 amide bonds. The third kappa shape index (κ3) is 2.71. The number of ether oxygens (including phenoxy) is 2. The van der Waals surface area contributed by atoms with Crippen molar-refractivity contribution in [3.8, 4) is 11.8 Å². The van der Waals surface area contributed by atoms with E-state index in [1.54, 1.807) is 12.1 Å². The maximum atomic E-state index is 8.62. The Morgan fingerprint density at radius 3 is 2.80 bits per heavy atom. The van der Waals surface area contributed by atoms with Gasteiger partial charge >= 0.3 is 0 Å². The maximum Gasteiger partial charge on any atom is 0.119 e. The molecule has 78 valence electrons. The van der Waals surface area contributed by atoms with Gasteiger partial charge in [-0.2, -0.15) is 5.26 Å². The smallest absolute Gasteiger partial charge is 0.119 e. The highest BCUT2D eigenvalue weighted by Crippen LogP contribution is 2.16. The minimum absolute atomic E-state index is 0.514. The van der Waals surface area contributed by atoms with Gasteiger partial charge in [0.15, 0.2) is 0 Å². The summed E-state index contributed by atoms with van der Waals surface area (Å²) >= 11 is 0. The predicted octanol–water partition coefficient (Wildman–Crippen LogP) is 1.97. The molecule has 3 heteroatoms. The van der Waals surface area contributed by atoms with Crippen molar-refractivity contribution < 1.29 is 9.47 Å². The zero-order valence-electron chi connectivity index (χ0n) is 8.48. The molecule has 1 fully saturated rings. The summed E-state index contributed by atoms with van der Waals surface area (Å²) in [6, 6.07) is 9.26. The van der Waals surface area contributed by atoms with Gasteiger partial charge in [0.2, 0.25) is 0 Å². The lowest BCUT2D eigenvalue weighted by Crippen LogP contribution is -2.11. The fourth-order valence-corrected chi connectivity index (χ4v) is 1.55. The molecular weight excluding hydrogens is 190 g/mol. The van der Waals surface area contributed by atoms with Gasteiger partial charge in [-0.3, -0.25) is 0 Å². The van der Waals surface area contributed by atoms with Crippen molar-refractivity contribution in [1.29, 1.82) is 5.26 Å². The van der Waals surface area contributed by atoms with E-state index >= 15 is 0 Å². The van der Waals surface area contributed by atoms with E-state index in [0.29, 0.717) is 18.1 Å². The molecule has 1 aliphatic heterocycles. The fourth-order valence-electron chi connectivity index (χ4n) is 1.55. The number of nitrogens with zero attached hydrogens (tertiary/aromatic N) is 1. The van der Waals surface area contributed by atoms with Gasteiger partial charge in [0.25, 0.3) is 0 Å². The minimum atomic E-state index is 0.514. The summed E-state index contributed by atoms with van der Waals surface area (Å²) in [5.74, 6) is 1.33. The number of rotatable bonds is 3. The summed E-state index contributed by atoms with van der Waals surface area (Å²) in [4.78, 5) is 0. The number of hydrogen-bond acceptors (Lipinski definition) is 3. The molecule has 1 aromatic rings. The molecule has 1 aliphatic rings. The first-order valence-corrected chi connectivity index (χ1v) is 5.09. The molecule has 1 heterocycles. The molecule has 1 atom stereocenters. The first kappa shape index (κ1) is 10.0. The molecule has 3 nitrogen and oxygen atoms in total. The second-order valence-electron chi connectivity index (χ2n) is 3.68. The molecule has 0 spiro atoms. The van der Waals surface area contributed by atoms with Crippen LogP contribution in [-0.2, 0) is 4.74 Å². The van der Waals surface area contributed by atoms with Gasteiger partial charge in [0.05, 0.1) is 24.8 Å². The second kappa shape index (κ2) is 4.81. The largest absolute Gasteiger partial charge is 0.493 e. The van der Waals surface area contributed by atoms with Crippen LogP contribution in [0.4, 0.5) is 0 Å². The van der Waals surface area contributed by atoms with E-state index in [4.69, 9.17) is 14.7 Å². The minimum Gasteiger partial charge on any atom is -0.493 e. The van der Waals surface area contributed by atoms with Crippen LogP contribution in [0.5, 0.6) is 5.75 Å². The van der Waals surface area contributed by atoms with E-state index in [1.807, 2.05) is 12.1 Å². The van der Waals surface area contributed by atoms with Gasteiger partial charge in [-0.15, -0.1) is 0 Å². The van der Waals surface area contributed by atoms with Gasteiger partial charge in [-0.25, -0.2) is 0 Å². The van der Waals surface area contributed by atoms with Crippen LogP contribution in [0.3, 0.4) is 0 Å². The first-order chi connectivity index (χ1) is 7.38. The summed E-state index contributed by atoms with van der Waals surface area (Å²) in [6.07, 6.45) is 1.08. The lowest BCUT2D eigenvalue weighted by atomic mass is 10.1. The van der Waals surface area contributed by atoms with Crippen LogP contribution in [0.25, 0.3) is 0 Å². The molecule has 0 N–H and O–H groups in total. The fraction of sp³-hybridized carbons (Fsp3) is 0.417. The Labute approximate surface area is 89.2 Å². The number of benzene rings is 1. The van der Waals surface area contributed by atoms with Crippen LogP contribution in [0.2, 0.25) is 0 Å². The molecular formula is C12H13NO2. The molecule has 0 aliphatic carbocycles. The number of hydrogen-bond donors (Lipinski definition) is 0. The van der Waals surface area contributed by atoms with Gasteiger partial charge in [-0.05, 0) is 30.7 Å². The summed E-state index contributed by atoms with van der Waals surface area (Å²) in [5.41, 5.74) is 0.659. The Morgan fingerprint density at radius 2 is 2.20 bits per heavy atom. The monoisotopic (exact) mass is 203 g/mol. The van der Waals surface area contributed by atoms with Crippen LogP contribution in [0.1, 0.15) is 12.0 Å². The zero-order valence-corrected chi connectivity index (χ0v) is 8.48. The van der Waals surface area contributed by atoms with E-state index < -0.39 is 0 Å². The van der Waals surface area contributed by atoms with Gasteiger partial charge in [-0.1, -0.05) is 0 Å². The lowest BCUT2D eigenvalue weighted by Gasteiger charge is -2.09. The predicted molar refractivity (Wildman–Crippen MR) is 55.6 cm³/mol. The molecule has 0 radical (unpaired) electrons. The summed E-state index contributed by atoms with van der Waals surface area (Å²) in [5, 5.41) is 8.62. The lowest BCUT2D eigenvalue weighted by molar-refractivity contribution is 0.167. The second-order valence-corrected chi connectivity index (χ2v) is 3.68. The highest BCUT2D eigenvalue weighted by Gasteiger charge is 2.15. The van der Waals surface area contributed by atoms with E-state index in [-0.39, 0.29) is 0 Å². The molecule has 1 aromatic carbocycles. The van der Waals surface area contributed by atoms with Crippen LogP contribution in [-0.4, -0.2) is 19.8 Å². The normalized spacial score (nSPS) is 19.8. The molecule has 2 rings (SSSR count). The van der Waals surface area contributed by atoms with Gasteiger partial charge in [0.1, 0.15) is 5.75 Å². The zero-order chi connectivity index (χ0) is 10.5. The Morgan fingerprint density at radius 1 is 1.40 bits per heavy atom. The van der Waals surface area contributed by atoms with Crippen LogP contribution >= 0.6 is 0 Å². The average Bonchev–Trinajstić information content (AvgIpc) is 2.80. The van der Waals surface area contributed by atoms with Crippen molar-refractivity contribution in [3.63, 3.8) is 0 Å². The molecule has 15 heavy (non-hydrogen) atoms. The summed E-state index contributed by atoms with van der Waals surface area (Å²) in [7, 11) is 0. The van der Waals surface area contributed by atoms with Crippen molar-refractivity contribution in [3.05, 3.63) is 29.8 Å². The van der Waals surface area contributed by atoms with E-state index in [1.165, 1.54) is 0 Å². The number of nitriles is 1. The molecule has 0 bridgehead atoms. The van der Waals surface area contributed by atoms with Crippen molar-refractivity contribution >= 4 is 0 Å². The highest BCUT2D eigenvalue weighted by atomic mass is 16.5. The SMILES string of the molecule is N#Cc1ccc(OC[C@@H]2CCOC2)cc1. The standard InChI is InChI=1S/C12H13NO2/c13-7-10-1-3-12(4-2-10)15-9-11-5-6-14-8-11/h1-4,11H,5-6,8-9H2/t11-/m1/s1. The molecule has 0 aromatic heterocycles. The van der Waals surface area contributed by atoms with Crippen molar-refractivity contribution in [2.45, 2.75) is 6.42 Å². The highest BCUT2D eigenvalue weighted by molar-refractivity contribution is 5.34. The van der Waals surface area contributed by atoms with Crippen LogP contribution in [0.15, 0.2) is 24.3 Å². The van der Waals surface area contributed by atoms with Gasteiger partial charge in [0, 0.05) is 12.5 Å².